The predicted octanol–water partition coefficient (Wildman–Crippen LogP) is 4.18. The summed E-state index contributed by atoms with van der Waals surface area (Å²) in [5.41, 5.74) is 3.21. The van der Waals surface area contributed by atoms with E-state index in [1.165, 1.54) is 7.11 Å². The maximum Gasteiger partial charge on any atom is 0.228 e. The average molecular weight is 373 g/mol. The second-order valence-corrected chi connectivity index (χ2v) is 7.01. The van der Waals surface area contributed by atoms with Crippen LogP contribution in [0.25, 0.3) is 0 Å². The van der Waals surface area contributed by atoms with E-state index in [1.54, 1.807) is 12.1 Å². The third-order valence-corrected chi connectivity index (χ3v) is 4.90. The zero-order valence-corrected chi connectivity index (χ0v) is 15.7. The van der Waals surface area contributed by atoms with Crippen LogP contribution in [-0.4, -0.2) is 18.9 Å². The molecule has 0 heterocycles. The van der Waals surface area contributed by atoms with E-state index in [0.717, 1.165) is 16.8 Å². The molecule has 1 aliphatic carbocycles. The van der Waals surface area contributed by atoms with Crippen molar-refractivity contribution in [2.75, 3.05) is 17.7 Å². The van der Waals surface area contributed by atoms with E-state index in [1.807, 2.05) is 38.1 Å². The Hall–Kier alpha value is -2.53. The van der Waals surface area contributed by atoms with Crippen LogP contribution in [0.2, 0.25) is 5.02 Å². The Morgan fingerprint density at radius 2 is 1.77 bits per heavy atom. The molecule has 1 aliphatic rings. The van der Waals surface area contributed by atoms with Crippen LogP contribution in [0.3, 0.4) is 0 Å². The Bertz CT molecular complexity index is 866. The van der Waals surface area contributed by atoms with Crippen molar-refractivity contribution in [3.63, 3.8) is 0 Å². The number of amides is 2. The smallest absolute Gasteiger partial charge is 0.228 e. The Labute approximate surface area is 157 Å². The van der Waals surface area contributed by atoms with Crippen molar-refractivity contribution in [2.24, 2.45) is 11.8 Å². The first-order chi connectivity index (χ1) is 12.4. The fourth-order valence-electron chi connectivity index (χ4n) is 2.89. The molecular formula is C20H21ClN2O3. The Balaban J connectivity index is 1.62. The molecule has 0 radical (unpaired) electrons. The van der Waals surface area contributed by atoms with Crippen molar-refractivity contribution in [1.29, 1.82) is 0 Å². The average Bonchev–Trinajstić information content (AvgIpc) is 3.39. The highest BCUT2D eigenvalue weighted by molar-refractivity contribution is 6.31. The molecule has 0 saturated heterocycles. The summed E-state index contributed by atoms with van der Waals surface area (Å²) in [7, 11) is 1.52. The lowest BCUT2D eigenvalue weighted by molar-refractivity contribution is -0.122. The highest BCUT2D eigenvalue weighted by atomic mass is 35.5. The van der Waals surface area contributed by atoms with Crippen LogP contribution in [0.4, 0.5) is 11.4 Å². The molecule has 0 aliphatic heterocycles. The van der Waals surface area contributed by atoms with Crippen molar-refractivity contribution in [3.8, 4) is 5.75 Å². The SMILES string of the molecule is COc1cc(Cl)c(C)cc1NC(=O)C1CC1C(=O)Nc1cccc(C)c1. The first-order valence-electron chi connectivity index (χ1n) is 8.41. The third-order valence-electron chi connectivity index (χ3n) is 4.49. The van der Waals surface area contributed by atoms with Crippen molar-refractivity contribution < 1.29 is 14.3 Å². The molecule has 6 heteroatoms. The van der Waals surface area contributed by atoms with Gasteiger partial charge in [-0.25, -0.2) is 0 Å². The van der Waals surface area contributed by atoms with Gasteiger partial charge in [0.05, 0.1) is 24.6 Å². The molecule has 0 spiro atoms. The van der Waals surface area contributed by atoms with Crippen LogP contribution in [0.1, 0.15) is 17.5 Å². The van der Waals surface area contributed by atoms with E-state index in [2.05, 4.69) is 10.6 Å². The lowest BCUT2D eigenvalue weighted by Gasteiger charge is -2.12. The zero-order chi connectivity index (χ0) is 18.8. The topological polar surface area (TPSA) is 67.4 Å². The zero-order valence-electron chi connectivity index (χ0n) is 14.9. The van der Waals surface area contributed by atoms with Crippen LogP contribution in [-0.2, 0) is 9.59 Å². The molecule has 3 rings (SSSR count). The number of halogens is 1. The minimum absolute atomic E-state index is 0.130. The first-order valence-corrected chi connectivity index (χ1v) is 8.79. The van der Waals surface area contributed by atoms with Crippen LogP contribution < -0.4 is 15.4 Å². The molecule has 5 nitrogen and oxygen atoms in total. The van der Waals surface area contributed by atoms with Crippen LogP contribution in [0.15, 0.2) is 36.4 Å². The lowest BCUT2D eigenvalue weighted by Crippen LogP contribution is -2.21. The molecule has 2 aromatic carbocycles. The summed E-state index contributed by atoms with van der Waals surface area (Å²) in [6.07, 6.45) is 0.540. The van der Waals surface area contributed by atoms with Gasteiger partial charge in [0, 0.05) is 16.8 Å². The maximum atomic E-state index is 12.5. The second kappa shape index (κ2) is 7.38. The van der Waals surface area contributed by atoms with Gasteiger partial charge in [-0.15, -0.1) is 0 Å². The van der Waals surface area contributed by atoms with Crippen LogP contribution in [0.5, 0.6) is 5.75 Å². The number of rotatable bonds is 5. The van der Waals surface area contributed by atoms with E-state index in [0.29, 0.717) is 22.9 Å². The molecule has 2 amide bonds. The number of nitrogens with one attached hydrogen (secondary N) is 2. The normalized spacial score (nSPS) is 18.2. The van der Waals surface area contributed by atoms with Crippen molar-refractivity contribution in [2.45, 2.75) is 20.3 Å². The molecule has 26 heavy (non-hydrogen) atoms. The number of ether oxygens (including phenoxy) is 1. The summed E-state index contributed by atoms with van der Waals surface area (Å²) in [5.74, 6) is -0.463. The van der Waals surface area contributed by atoms with Gasteiger partial charge in [-0.3, -0.25) is 9.59 Å². The fraction of sp³-hybridized carbons (Fsp3) is 0.300. The number of benzene rings is 2. The van der Waals surface area contributed by atoms with E-state index in [9.17, 15) is 9.59 Å². The number of aryl methyl sites for hydroxylation is 2. The Morgan fingerprint density at radius 1 is 1.08 bits per heavy atom. The van der Waals surface area contributed by atoms with Crippen LogP contribution in [0, 0.1) is 25.7 Å². The Kier molecular flexibility index (Phi) is 5.18. The predicted molar refractivity (Wildman–Crippen MR) is 103 cm³/mol. The highest BCUT2D eigenvalue weighted by Crippen LogP contribution is 2.41. The number of methoxy groups -OCH3 is 1. The molecule has 1 saturated carbocycles. The maximum absolute atomic E-state index is 12.5. The molecule has 2 aromatic rings. The Morgan fingerprint density at radius 3 is 2.42 bits per heavy atom. The van der Waals surface area contributed by atoms with Gasteiger partial charge in [0.15, 0.2) is 0 Å². The monoisotopic (exact) mass is 372 g/mol. The van der Waals surface area contributed by atoms with E-state index >= 15 is 0 Å². The first kappa shape index (κ1) is 18.3. The van der Waals surface area contributed by atoms with E-state index < -0.39 is 0 Å². The van der Waals surface area contributed by atoms with Gasteiger partial charge < -0.3 is 15.4 Å². The number of anilines is 2. The van der Waals surface area contributed by atoms with Crippen LogP contribution >= 0.6 is 11.6 Å². The molecule has 1 fully saturated rings. The quantitative estimate of drug-likeness (QED) is 0.827. The van der Waals surface area contributed by atoms with Gasteiger partial charge in [0.1, 0.15) is 5.75 Å². The fourth-order valence-corrected chi connectivity index (χ4v) is 3.04. The number of carbonyl (C=O) groups is 2. The summed E-state index contributed by atoms with van der Waals surface area (Å²) in [5, 5.41) is 6.29. The summed E-state index contributed by atoms with van der Waals surface area (Å²) < 4.78 is 5.27. The minimum atomic E-state index is -0.333. The summed E-state index contributed by atoms with van der Waals surface area (Å²) in [6.45, 7) is 3.82. The molecular weight excluding hydrogens is 352 g/mol. The minimum Gasteiger partial charge on any atom is -0.495 e. The number of hydrogen-bond donors (Lipinski definition) is 2. The molecule has 0 bridgehead atoms. The molecule has 2 N–H and O–H groups in total. The second-order valence-electron chi connectivity index (χ2n) is 6.60. The molecule has 136 valence electrons. The van der Waals surface area contributed by atoms with Crippen molar-refractivity contribution in [1.82, 2.24) is 0 Å². The van der Waals surface area contributed by atoms with Gasteiger partial charge >= 0.3 is 0 Å². The third kappa shape index (κ3) is 3.99. The molecule has 0 aromatic heterocycles. The van der Waals surface area contributed by atoms with Crippen molar-refractivity contribution in [3.05, 3.63) is 52.5 Å². The molecule has 2 atom stereocenters. The van der Waals surface area contributed by atoms with Crippen molar-refractivity contribution >= 4 is 34.8 Å². The molecule has 2 unspecified atom stereocenters. The number of carbonyl (C=O) groups excluding carboxylic acids is 2. The van der Waals surface area contributed by atoms with Gasteiger partial charge in [-0.1, -0.05) is 23.7 Å². The van der Waals surface area contributed by atoms with E-state index in [-0.39, 0.29) is 23.7 Å². The van der Waals surface area contributed by atoms with Gasteiger partial charge in [0.25, 0.3) is 0 Å². The number of hydrogen-bond acceptors (Lipinski definition) is 3. The van der Waals surface area contributed by atoms with Gasteiger partial charge in [-0.2, -0.15) is 0 Å². The summed E-state index contributed by atoms with van der Waals surface area (Å²) in [6, 6.07) is 11.0. The standard InChI is InChI=1S/C20H21ClN2O3/c1-11-5-4-6-13(7-11)22-19(24)14-9-15(14)20(25)23-17-8-12(2)16(21)10-18(17)26-3/h4-8,10,14-15H,9H2,1-3H3,(H,22,24)(H,23,25). The van der Waals surface area contributed by atoms with Gasteiger partial charge in [-0.05, 0) is 49.6 Å². The van der Waals surface area contributed by atoms with Gasteiger partial charge in [0.2, 0.25) is 11.8 Å². The largest absolute Gasteiger partial charge is 0.495 e. The lowest BCUT2D eigenvalue weighted by atomic mass is 10.2. The van der Waals surface area contributed by atoms with E-state index in [4.69, 9.17) is 16.3 Å². The summed E-state index contributed by atoms with van der Waals surface area (Å²) >= 11 is 6.08. The summed E-state index contributed by atoms with van der Waals surface area (Å²) in [4.78, 5) is 24.8. The highest BCUT2D eigenvalue weighted by Gasteiger charge is 2.48.